The summed E-state index contributed by atoms with van der Waals surface area (Å²) in [6.45, 7) is 1.12. The predicted molar refractivity (Wildman–Crippen MR) is 132 cm³/mol. The van der Waals surface area contributed by atoms with Crippen molar-refractivity contribution in [3.63, 3.8) is 0 Å². The number of nitrogens with zero attached hydrogens (tertiary/aromatic N) is 1. The monoisotopic (exact) mass is 519 g/mol. The Kier molecular flexibility index (Phi) is 6.22. The van der Waals surface area contributed by atoms with Crippen LogP contribution in [-0.4, -0.2) is 31.1 Å². The Bertz CT molecular complexity index is 1400. The summed E-state index contributed by atoms with van der Waals surface area (Å²) in [6, 6.07) is 22.0. The molecule has 172 valence electrons. The molecule has 0 radical (unpaired) electrons. The zero-order chi connectivity index (χ0) is 23.7. The van der Waals surface area contributed by atoms with Gasteiger partial charge in [0.05, 0.1) is 23.6 Å². The summed E-state index contributed by atoms with van der Waals surface area (Å²) in [5.74, 6) is 0.476. The maximum atomic E-state index is 13.5. The van der Waals surface area contributed by atoms with Crippen LogP contribution in [0.15, 0.2) is 86.5 Å². The molecule has 0 bridgehead atoms. The standard InChI is InChI=1S/C27H22BrNO5/c1-32-14-13-29-24(18-7-10-20(11-8-18)33-16-17-5-3-2-4-6-17)23-25(30)21-15-19(28)9-12-22(21)34-26(23)27(29)31/h2-12,15,24H,13-14,16H2,1H3/t24-/m1/s1. The summed E-state index contributed by atoms with van der Waals surface area (Å²) in [7, 11) is 1.58. The van der Waals surface area contributed by atoms with Gasteiger partial charge in [-0.1, -0.05) is 58.4 Å². The van der Waals surface area contributed by atoms with E-state index in [-0.39, 0.29) is 17.1 Å². The smallest absolute Gasteiger partial charge is 0.290 e. The zero-order valence-corrected chi connectivity index (χ0v) is 20.1. The van der Waals surface area contributed by atoms with E-state index >= 15 is 0 Å². The second kappa shape index (κ2) is 9.44. The number of carbonyl (C=O) groups is 1. The number of amides is 1. The van der Waals surface area contributed by atoms with Crippen molar-refractivity contribution >= 4 is 32.8 Å². The SMILES string of the molecule is COCCN1C(=O)c2oc3ccc(Br)cc3c(=O)c2[C@H]1c1ccc(OCc2ccccc2)cc1. The minimum absolute atomic E-state index is 0.0883. The number of rotatable bonds is 7. The van der Waals surface area contributed by atoms with Gasteiger partial charge in [0.25, 0.3) is 5.91 Å². The van der Waals surface area contributed by atoms with E-state index < -0.39 is 6.04 Å². The minimum Gasteiger partial charge on any atom is -0.489 e. The number of fused-ring (bicyclic) bond motifs is 2. The van der Waals surface area contributed by atoms with Gasteiger partial charge in [0, 0.05) is 18.1 Å². The number of ether oxygens (including phenoxy) is 2. The van der Waals surface area contributed by atoms with Crippen LogP contribution < -0.4 is 10.2 Å². The number of hydrogen-bond acceptors (Lipinski definition) is 5. The van der Waals surface area contributed by atoms with Gasteiger partial charge < -0.3 is 18.8 Å². The lowest BCUT2D eigenvalue weighted by atomic mass is 9.98. The first-order chi connectivity index (χ1) is 16.6. The molecule has 0 aliphatic carbocycles. The summed E-state index contributed by atoms with van der Waals surface area (Å²) in [4.78, 5) is 28.4. The predicted octanol–water partition coefficient (Wildman–Crippen LogP) is 5.33. The number of methoxy groups -OCH3 is 1. The fourth-order valence-electron chi connectivity index (χ4n) is 4.25. The van der Waals surface area contributed by atoms with E-state index in [9.17, 15) is 9.59 Å². The Morgan fingerprint density at radius 1 is 1.00 bits per heavy atom. The molecule has 34 heavy (non-hydrogen) atoms. The number of halogens is 1. The highest BCUT2D eigenvalue weighted by Gasteiger charge is 2.42. The van der Waals surface area contributed by atoms with Crippen LogP contribution in [0.3, 0.4) is 0 Å². The summed E-state index contributed by atoms with van der Waals surface area (Å²) >= 11 is 3.42. The number of carbonyl (C=O) groups excluding carboxylic acids is 1. The van der Waals surface area contributed by atoms with E-state index in [1.807, 2.05) is 54.6 Å². The Balaban J connectivity index is 1.52. The lowest BCUT2D eigenvalue weighted by Gasteiger charge is -2.25. The van der Waals surface area contributed by atoms with E-state index in [1.54, 1.807) is 30.2 Å². The van der Waals surface area contributed by atoms with Gasteiger partial charge in [-0.15, -0.1) is 0 Å². The normalized spacial score (nSPS) is 15.1. The Hall–Kier alpha value is -3.42. The highest BCUT2D eigenvalue weighted by Crippen LogP contribution is 2.38. The molecular weight excluding hydrogens is 498 g/mol. The van der Waals surface area contributed by atoms with Gasteiger partial charge in [0.15, 0.2) is 5.43 Å². The van der Waals surface area contributed by atoms with Crippen LogP contribution in [0.5, 0.6) is 5.75 Å². The summed E-state index contributed by atoms with van der Waals surface area (Å²) in [5, 5.41) is 0.433. The summed E-state index contributed by atoms with van der Waals surface area (Å²) < 4.78 is 17.8. The number of benzene rings is 3. The molecule has 4 aromatic rings. The minimum atomic E-state index is -0.569. The Morgan fingerprint density at radius 3 is 2.50 bits per heavy atom. The topological polar surface area (TPSA) is 69.0 Å². The fourth-order valence-corrected chi connectivity index (χ4v) is 4.61. The van der Waals surface area contributed by atoms with Crippen molar-refractivity contribution in [1.29, 1.82) is 0 Å². The van der Waals surface area contributed by atoms with Crippen molar-refractivity contribution in [3.05, 3.63) is 110 Å². The van der Waals surface area contributed by atoms with Crippen molar-refractivity contribution in [3.8, 4) is 5.75 Å². The van der Waals surface area contributed by atoms with Crippen LogP contribution in [0.25, 0.3) is 11.0 Å². The molecule has 1 amide bonds. The molecule has 1 aliphatic heterocycles. The van der Waals surface area contributed by atoms with Gasteiger partial charge in [-0.2, -0.15) is 0 Å². The molecule has 3 aromatic carbocycles. The van der Waals surface area contributed by atoms with Gasteiger partial charge in [-0.25, -0.2) is 0 Å². The molecule has 6 nitrogen and oxygen atoms in total. The van der Waals surface area contributed by atoms with E-state index in [0.29, 0.717) is 42.0 Å². The lowest BCUT2D eigenvalue weighted by Crippen LogP contribution is -2.32. The maximum absolute atomic E-state index is 13.5. The van der Waals surface area contributed by atoms with Crippen molar-refractivity contribution in [1.82, 2.24) is 4.90 Å². The maximum Gasteiger partial charge on any atom is 0.290 e. The van der Waals surface area contributed by atoms with Crippen LogP contribution in [0.1, 0.15) is 33.3 Å². The molecule has 1 aliphatic rings. The van der Waals surface area contributed by atoms with Gasteiger partial charge >= 0.3 is 0 Å². The first kappa shape index (κ1) is 22.4. The quantitative estimate of drug-likeness (QED) is 0.330. The van der Waals surface area contributed by atoms with E-state index in [1.165, 1.54) is 0 Å². The molecule has 0 fully saturated rings. The average molecular weight is 520 g/mol. The molecule has 0 N–H and O–H groups in total. The summed E-state index contributed by atoms with van der Waals surface area (Å²) in [5.41, 5.74) is 2.40. The van der Waals surface area contributed by atoms with Crippen LogP contribution in [0.4, 0.5) is 0 Å². The zero-order valence-electron chi connectivity index (χ0n) is 18.5. The van der Waals surface area contributed by atoms with Crippen LogP contribution in [0, 0.1) is 0 Å². The number of hydrogen-bond donors (Lipinski definition) is 0. The molecule has 2 heterocycles. The van der Waals surface area contributed by atoms with E-state index in [4.69, 9.17) is 13.9 Å². The van der Waals surface area contributed by atoms with Crippen LogP contribution in [0.2, 0.25) is 0 Å². The molecular formula is C27H22BrNO5. The summed E-state index contributed by atoms with van der Waals surface area (Å²) in [6.07, 6.45) is 0. The first-order valence-corrected chi connectivity index (χ1v) is 11.7. The molecule has 0 saturated heterocycles. The fraction of sp³-hybridized carbons (Fsp3) is 0.185. The van der Waals surface area contributed by atoms with Crippen LogP contribution in [-0.2, 0) is 11.3 Å². The molecule has 1 atom stereocenters. The largest absolute Gasteiger partial charge is 0.489 e. The van der Waals surface area contributed by atoms with Crippen LogP contribution >= 0.6 is 15.9 Å². The van der Waals surface area contributed by atoms with Gasteiger partial charge in [-0.05, 0) is 41.5 Å². The van der Waals surface area contributed by atoms with Crippen molar-refractivity contribution in [2.24, 2.45) is 0 Å². The second-order valence-corrected chi connectivity index (χ2v) is 8.97. The highest BCUT2D eigenvalue weighted by molar-refractivity contribution is 9.10. The van der Waals surface area contributed by atoms with Crippen molar-refractivity contribution < 1.29 is 18.7 Å². The van der Waals surface area contributed by atoms with Crippen molar-refractivity contribution in [2.75, 3.05) is 20.3 Å². The molecule has 1 aromatic heterocycles. The Morgan fingerprint density at radius 2 is 1.76 bits per heavy atom. The first-order valence-electron chi connectivity index (χ1n) is 10.9. The van der Waals surface area contributed by atoms with Crippen molar-refractivity contribution in [2.45, 2.75) is 12.6 Å². The second-order valence-electron chi connectivity index (χ2n) is 8.05. The third-order valence-corrected chi connectivity index (χ3v) is 6.40. The third-order valence-electron chi connectivity index (χ3n) is 5.91. The van der Waals surface area contributed by atoms with Gasteiger partial charge in [-0.3, -0.25) is 9.59 Å². The van der Waals surface area contributed by atoms with Gasteiger partial charge in [0.1, 0.15) is 17.9 Å². The molecule has 7 heteroatoms. The molecule has 0 saturated carbocycles. The molecule has 0 spiro atoms. The highest BCUT2D eigenvalue weighted by atomic mass is 79.9. The molecule has 5 rings (SSSR count). The molecule has 0 unspecified atom stereocenters. The third kappa shape index (κ3) is 4.13. The Labute approximate surface area is 204 Å². The average Bonchev–Trinajstić information content (AvgIpc) is 3.14. The van der Waals surface area contributed by atoms with Gasteiger partial charge in [0.2, 0.25) is 5.76 Å². The van der Waals surface area contributed by atoms with E-state index in [2.05, 4.69) is 15.9 Å². The van der Waals surface area contributed by atoms with E-state index in [0.717, 1.165) is 15.6 Å². The lowest BCUT2D eigenvalue weighted by molar-refractivity contribution is 0.0663.